The van der Waals surface area contributed by atoms with E-state index in [4.69, 9.17) is 4.74 Å². The largest absolute Gasteiger partial charge is 0.461 e. The first kappa shape index (κ1) is 18.6. The summed E-state index contributed by atoms with van der Waals surface area (Å²) in [6.07, 6.45) is 2.13. The minimum atomic E-state index is -0.470. The summed E-state index contributed by atoms with van der Waals surface area (Å²) < 4.78 is 5.18. The maximum atomic E-state index is 13.1. The molecular weight excluding hydrogens is 330 g/mol. The number of esters is 1. The van der Waals surface area contributed by atoms with Crippen LogP contribution in [0, 0.1) is 0 Å². The molecule has 0 bridgehead atoms. The zero-order valence-corrected chi connectivity index (χ0v) is 15.7. The first-order valence-corrected chi connectivity index (χ1v) is 9.21. The van der Waals surface area contributed by atoms with E-state index < -0.39 is 5.97 Å². The van der Waals surface area contributed by atoms with E-state index in [-0.39, 0.29) is 17.7 Å². The Morgan fingerprint density at radius 3 is 2.69 bits per heavy atom. The van der Waals surface area contributed by atoms with Gasteiger partial charge in [-0.05, 0) is 59.1 Å². The van der Waals surface area contributed by atoms with E-state index in [0.717, 1.165) is 25.9 Å². The number of pyridine rings is 1. The van der Waals surface area contributed by atoms with Gasteiger partial charge in [-0.2, -0.15) is 0 Å². The predicted molar refractivity (Wildman–Crippen MR) is 103 cm³/mol. The van der Waals surface area contributed by atoms with Crippen molar-refractivity contribution in [2.24, 2.45) is 0 Å². The number of likely N-dealkylation sites (tertiary alicyclic amines) is 1. The Balaban J connectivity index is 1.97. The SMILES string of the molecule is CCOC(=O)c1[nH]c2ccccc2c(=O)c1CN(C)C1CCN(C)CC1. The van der Waals surface area contributed by atoms with E-state index >= 15 is 0 Å². The minimum Gasteiger partial charge on any atom is -0.461 e. The van der Waals surface area contributed by atoms with Gasteiger partial charge < -0.3 is 14.6 Å². The number of para-hydroxylation sites is 1. The van der Waals surface area contributed by atoms with E-state index in [1.165, 1.54) is 0 Å². The molecule has 1 saturated heterocycles. The van der Waals surface area contributed by atoms with Gasteiger partial charge in [-0.25, -0.2) is 4.79 Å². The third kappa shape index (κ3) is 3.81. The van der Waals surface area contributed by atoms with Crippen molar-refractivity contribution < 1.29 is 9.53 Å². The lowest BCUT2D eigenvalue weighted by molar-refractivity contribution is 0.0516. The molecule has 2 heterocycles. The number of carbonyl (C=O) groups is 1. The molecule has 0 radical (unpaired) electrons. The highest BCUT2D eigenvalue weighted by atomic mass is 16.5. The van der Waals surface area contributed by atoms with Crippen molar-refractivity contribution in [2.75, 3.05) is 33.8 Å². The number of H-pyrrole nitrogens is 1. The lowest BCUT2D eigenvalue weighted by atomic mass is 10.0. The van der Waals surface area contributed by atoms with Crippen LogP contribution >= 0.6 is 0 Å². The second kappa shape index (κ2) is 8.01. The molecule has 0 spiro atoms. The van der Waals surface area contributed by atoms with Crippen molar-refractivity contribution in [1.29, 1.82) is 0 Å². The highest BCUT2D eigenvalue weighted by molar-refractivity contribution is 5.92. The lowest BCUT2D eigenvalue weighted by Crippen LogP contribution is -2.42. The predicted octanol–water partition coefficient (Wildman–Crippen LogP) is 2.23. The summed E-state index contributed by atoms with van der Waals surface area (Å²) in [6, 6.07) is 7.70. The summed E-state index contributed by atoms with van der Waals surface area (Å²) in [6.45, 7) is 4.57. The van der Waals surface area contributed by atoms with E-state index in [2.05, 4.69) is 21.8 Å². The van der Waals surface area contributed by atoms with Gasteiger partial charge >= 0.3 is 5.97 Å². The first-order valence-electron chi connectivity index (χ1n) is 9.21. The number of aromatic amines is 1. The molecule has 3 rings (SSSR count). The summed E-state index contributed by atoms with van der Waals surface area (Å²) in [5.74, 6) is -0.470. The van der Waals surface area contributed by atoms with Crippen molar-refractivity contribution in [1.82, 2.24) is 14.8 Å². The molecule has 0 aliphatic carbocycles. The maximum Gasteiger partial charge on any atom is 0.355 e. The van der Waals surface area contributed by atoms with Crippen LogP contribution < -0.4 is 5.43 Å². The molecule has 1 aromatic heterocycles. The van der Waals surface area contributed by atoms with Gasteiger partial charge in [0.1, 0.15) is 5.69 Å². The highest BCUT2D eigenvalue weighted by Gasteiger charge is 2.25. The van der Waals surface area contributed by atoms with Gasteiger partial charge in [-0.15, -0.1) is 0 Å². The second-order valence-electron chi connectivity index (χ2n) is 7.02. The summed E-state index contributed by atoms with van der Waals surface area (Å²) in [5, 5.41) is 0.604. The van der Waals surface area contributed by atoms with E-state index in [0.29, 0.717) is 29.1 Å². The highest BCUT2D eigenvalue weighted by Crippen LogP contribution is 2.19. The van der Waals surface area contributed by atoms with Gasteiger partial charge in [0.15, 0.2) is 5.43 Å². The van der Waals surface area contributed by atoms with Gasteiger partial charge in [0, 0.05) is 29.1 Å². The molecule has 1 aliphatic heterocycles. The molecule has 2 aromatic rings. The molecule has 6 heteroatoms. The van der Waals surface area contributed by atoms with E-state index in [9.17, 15) is 9.59 Å². The number of benzene rings is 1. The summed E-state index contributed by atoms with van der Waals surface area (Å²) in [4.78, 5) is 33.1. The Morgan fingerprint density at radius 1 is 1.31 bits per heavy atom. The summed E-state index contributed by atoms with van der Waals surface area (Å²) in [7, 11) is 4.16. The Morgan fingerprint density at radius 2 is 2.00 bits per heavy atom. The number of hydrogen-bond donors (Lipinski definition) is 1. The number of nitrogens with zero attached hydrogens (tertiary/aromatic N) is 2. The molecule has 0 unspecified atom stereocenters. The molecule has 140 valence electrons. The molecule has 6 nitrogen and oxygen atoms in total. The molecule has 0 atom stereocenters. The van der Waals surface area contributed by atoms with Crippen LogP contribution in [-0.4, -0.2) is 60.6 Å². The summed E-state index contributed by atoms with van der Waals surface area (Å²) in [5.41, 5.74) is 1.33. The number of carbonyl (C=O) groups excluding carboxylic acids is 1. The van der Waals surface area contributed by atoms with Crippen LogP contribution in [-0.2, 0) is 11.3 Å². The average Bonchev–Trinajstić information content (AvgIpc) is 2.64. The zero-order chi connectivity index (χ0) is 18.7. The van der Waals surface area contributed by atoms with Crippen LogP contribution in [0.2, 0.25) is 0 Å². The normalized spacial score (nSPS) is 16.3. The van der Waals surface area contributed by atoms with Crippen LogP contribution in [0.4, 0.5) is 0 Å². The molecule has 0 saturated carbocycles. The van der Waals surface area contributed by atoms with Crippen LogP contribution in [0.15, 0.2) is 29.1 Å². The molecule has 1 N–H and O–H groups in total. The van der Waals surface area contributed by atoms with E-state index in [1.54, 1.807) is 13.0 Å². The first-order chi connectivity index (χ1) is 12.5. The number of piperidine rings is 1. The molecule has 1 aliphatic rings. The smallest absolute Gasteiger partial charge is 0.355 e. The number of hydrogen-bond acceptors (Lipinski definition) is 5. The van der Waals surface area contributed by atoms with Gasteiger partial charge in [-0.3, -0.25) is 9.69 Å². The van der Waals surface area contributed by atoms with Crippen LogP contribution in [0.3, 0.4) is 0 Å². The van der Waals surface area contributed by atoms with E-state index in [1.807, 2.05) is 25.2 Å². The molecule has 1 fully saturated rings. The van der Waals surface area contributed by atoms with Crippen molar-refractivity contribution >= 4 is 16.9 Å². The Hall–Kier alpha value is -2.18. The minimum absolute atomic E-state index is 0.0952. The topological polar surface area (TPSA) is 65.6 Å². The monoisotopic (exact) mass is 357 g/mol. The Labute approximate surface area is 153 Å². The van der Waals surface area contributed by atoms with Gasteiger partial charge in [0.2, 0.25) is 0 Å². The van der Waals surface area contributed by atoms with Crippen LogP contribution in [0.1, 0.15) is 35.8 Å². The Bertz CT molecular complexity index is 838. The van der Waals surface area contributed by atoms with Crippen molar-refractivity contribution in [3.05, 3.63) is 45.7 Å². The third-order valence-electron chi connectivity index (χ3n) is 5.21. The quantitative estimate of drug-likeness (QED) is 0.832. The van der Waals surface area contributed by atoms with Crippen LogP contribution in [0.5, 0.6) is 0 Å². The average molecular weight is 357 g/mol. The van der Waals surface area contributed by atoms with Crippen LogP contribution in [0.25, 0.3) is 10.9 Å². The fraction of sp³-hybridized carbons (Fsp3) is 0.500. The molecule has 1 aromatic carbocycles. The number of aromatic nitrogens is 1. The Kier molecular flexibility index (Phi) is 5.74. The maximum absolute atomic E-state index is 13.1. The van der Waals surface area contributed by atoms with Crippen molar-refractivity contribution in [3.8, 4) is 0 Å². The lowest BCUT2D eigenvalue weighted by Gasteiger charge is -2.35. The summed E-state index contributed by atoms with van der Waals surface area (Å²) >= 11 is 0. The number of fused-ring (bicyclic) bond motifs is 1. The fourth-order valence-electron chi connectivity index (χ4n) is 3.62. The fourth-order valence-corrected chi connectivity index (χ4v) is 3.62. The third-order valence-corrected chi connectivity index (χ3v) is 5.21. The van der Waals surface area contributed by atoms with Crippen molar-refractivity contribution in [3.63, 3.8) is 0 Å². The number of rotatable bonds is 5. The number of nitrogens with one attached hydrogen (secondary N) is 1. The molecule has 0 amide bonds. The van der Waals surface area contributed by atoms with Gasteiger partial charge in [0.05, 0.1) is 6.61 Å². The second-order valence-corrected chi connectivity index (χ2v) is 7.02. The molecular formula is C20H27N3O3. The van der Waals surface area contributed by atoms with Gasteiger partial charge in [-0.1, -0.05) is 12.1 Å². The zero-order valence-electron chi connectivity index (χ0n) is 15.7. The molecule has 26 heavy (non-hydrogen) atoms. The number of ether oxygens (including phenoxy) is 1. The van der Waals surface area contributed by atoms with Crippen molar-refractivity contribution in [2.45, 2.75) is 32.4 Å². The standard InChI is InChI=1S/C20H27N3O3/c1-4-26-20(25)18-16(13-23(3)14-9-11-22(2)12-10-14)19(24)15-7-5-6-8-17(15)21-18/h5-8,14H,4,9-13H2,1-3H3,(H,21,24). The van der Waals surface area contributed by atoms with Gasteiger partial charge in [0.25, 0.3) is 0 Å².